The Hall–Kier alpha value is -1.62. The molecule has 0 aliphatic rings. The quantitative estimate of drug-likeness (QED) is 0.839. The molecule has 2 aromatic rings. The third kappa shape index (κ3) is 1.84. The lowest BCUT2D eigenvalue weighted by atomic mass is 10.1. The van der Waals surface area contributed by atoms with Gasteiger partial charge in [-0.25, -0.2) is 4.79 Å². The Morgan fingerprint density at radius 1 is 1.50 bits per heavy atom. The average Bonchev–Trinajstić information content (AvgIpc) is 2.66. The van der Waals surface area contributed by atoms with E-state index in [2.05, 4.69) is 12.6 Å². The zero-order chi connectivity index (χ0) is 13.4. The Bertz CT molecular complexity index is 616. The molecule has 0 aliphatic heterocycles. The normalized spacial score (nSPS) is 12.7. The summed E-state index contributed by atoms with van der Waals surface area (Å²) < 4.78 is 7.07. The maximum absolute atomic E-state index is 11.3. The molecular formula is C13H15NO3S. The van der Waals surface area contributed by atoms with E-state index < -0.39 is 5.97 Å². The number of carbonyl (C=O) groups is 1. The average molecular weight is 265 g/mol. The molecular weight excluding hydrogens is 250 g/mol. The minimum atomic E-state index is -0.956. The molecule has 96 valence electrons. The number of ether oxygens (including phenoxy) is 1. The SMILES string of the molecule is COc1ccc(C(C)S)c2c1c(C(=O)O)cn2C. The van der Waals surface area contributed by atoms with E-state index in [1.165, 1.54) is 7.11 Å². The van der Waals surface area contributed by atoms with Crippen molar-refractivity contribution in [3.05, 3.63) is 29.5 Å². The third-order valence-electron chi connectivity index (χ3n) is 3.02. The first-order valence-corrected chi connectivity index (χ1v) is 6.06. The van der Waals surface area contributed by atoms with Crippen LogP contribution >= 0.6 is 12.6 Å². The standard InChI is InChI=1S/C13H15NO3S/c1-7(18)8-4-5-10(17-3)11-9(13(15)16)6-14(2)12(8)11/h4-7,18H,1-3H3,(H,15,16). The molecule has 0 aliphatic carbocycles. The molecule has 1 heterocycles. The molecule has 0 fully saturated rings. The van der Waals surface area contributed by atoms with Crippen LogP contribution in [0, 0.1) is 0 Å². The van der Waals surface area contributed by atoms with Crippen LogP contribution in [0.1, 0.15) is 28.1 Å². The molecule has 1 N–H and O–H groups in total. The highest BCUT2D eigenvalue weighted by atomic mass is 32.1. The summed E-state index contributed by atoms with van der Waals surface area (Å²) in [5.41, 5.74) is 2.10. The first kappa shape index (κ1) is 12.8. The van der Waals surface area contributed by atoms with Gasteiger partial charge < -0.3 is 14.4 Å². The van der Waals surface area contributed by atoms with E-state index in [0.29, 0.717) is 11.1 Å². The maximum Gasteiger partial charge on any atom is 0.338 e. The Labute approximate surface area is 111 Å². The van der Waals surface area contributed by atoms with E-state index in [-0.39, 0.29) is 10.8 Å². The molecule has 4 nitrogen and oxygen atoms in total. The van der Waals surface area contributed by atoms with Gasteiger partial charge >= 0.3 is 5.97 Å². The van der Waals surface area contributed by atoms with E-state index in [4.69, 9.17) is 4.74 Å². The summed E-state index contributed by atoms with van der Waals surface area (Å²) in [4.78, 5) is 11.3. The van der Waals surface area contributed by atoms with Crippen molar-refractivity contribution in [3.63, 3.8) is 0 Å². The van der Waals surface area contributed by atoms with Crippen LogP contribution in [-0.2, 0) is 7.05 Å². The van der Waals surface area contributed by atoms with Crippen molar-refractivity contribution in [2.24, 2.45) is 7.05 Å². The van der Waals surface area contributed by atoms with Crippen molar-refractivity contribution in [2.45, 2.75) is 12.2 Å². The van der Waals surface area contributed by atoms with Gasteiger partial charge in [0.1, 0.15) is 5.75 Å². The van der Waals surface area contributed by atoms with Crippen LogP contribution in [0.4, 0.5) is 0 Å². The Morgan fingerprint density at radius 2 is 2.17 bits per heavy atom. The van der Waals surface area contributed by atoms with Gasteiger partial charge in [0, 0.05) is 18.5 Å². The van der Waals surface area contributed by atoms with E-state index in [9.17, 15) is 9.90 Å². The summed E-state index contributed by atoms with van der Waals surface area (Å²) in [6.07, 6.45) is 1.61. The topological polar surface area (TPSA) is 51.5 Å². The molecule has 1 atom stereocenters. The monoisotopic (exact) mass is 265 g/mol. The van der Waals surface area contributed by atoms with E-state index >= 15 is 0 Å². The molecule has 5 heteroatoms. The molecule has 0 spiro atoms. The zero-order valence-electron chi connectivity index (χ0n) is 10.5. The van der Waals surface area contributed by atoms with Gasteiger partial charge in [0.2, 0.25) is 0 Å². The third-order valence-corrected chi connectivity index (χ3v) is 3.29. The first-order valence-electron chi connectivity index (χ1n) is 5.54. The molecule has 0 radical (unpaired) electrons. The Balaban J connectivity index is 2.93. The maximum atomic E-state index is 11.3. The number of benzene rings is 1. The number of carboxylic acids is 1. The van der Waals surface area contributed by atoms with Gasteiger partial charge in [-0.2, -0.15) is 12.6 Å². The largest absolute Gasteiger partial charge is 0.496 e. The van der Waals surface area contributed by atoms with E-state index in [0.717, 1.165) is 11.1 Å². The molecule has 0 bridgehead atoms. The summed E-state index contributed by atoms with van der Waals surface area (Å²) in [6.45, 7) is 1.96. The van der Waals surface area contributed by atoms with Gasteiger partial charge in [0.15, 0.2) is 0 Å². The number of aromatic carboxylic acids is 1. The number of thiol groups is 1. The number of hydrogen-bond donors (Lipinski definition) is 2. The number of methoxy groups -OCH3 is 1. The predicted molar refractivity (Wildman–Crippen MR) is 73.8 cm³/mol. The highest BCUT2D eigenvalue weighted by molar-refractivity contribution is 7.80. The van der Waals surface area contributed by atoms with Crippen LogP contribution in [-0.4, -0.2) is 22.8 Å². The van der Waals surface area contributed by atoms with Gasteiger partial charge in [-0.15, -0.1) is 0 Å². The highest BCUT2D eigenvalue weighted by Gasteiger charge is 2.20. The van der Waals surface area contributed by atoms with Crippen molar-refractivity contribution < 1.29 is 14.6 Å². The smallest absolute Gasteiger partial charge is 0.338 e. The van der Waals surface area contributed by atoms with Crippen LogP contribution in [0.5, 0.6) is 5.75 Å². The number of rotatable bonds is 3. The molecule has 0 amide bonds. The fourth-order valence-corrected chi connectivity index (χ4v) is 2.43. The van der Waals surface area contributed by atoms with Crippen molar-refractivity contribution in [1.29, 1.82) is 0 Å². The van der Waals surface area contributed by atoms with Crippen LogP contribution in [0.25, 0.3) is 10.9 Å². The summed E-state index contributed by atoms with van der Waals surface area (Å²) in [6, 6.07) is 3.71. The number of aryl methyl sites for hydroxylation is 1. The molecule has 18 heavy (non-hydrogen) atoms. The minimum Gasteiger partial charge on any atom is -0.496 e. The van der Waals surface area contributed by atoms with Crippen LogP contribution in [0.15, 0.2) is 18.3 Å². The summed E-state index contributed by atoms with van der Waals surface area (Å²) >= 11 is 4.43. The van der Waals surface area contributed by atoms with E-state index in [1.54, 1.807) is 12.3 Å². The van der Waals surface area contributed by atoms with Crippen LogP contribution in [0.3, 0.4) is 0 Å². The summed E-state index contributed by atoms with van der Waals surface area (Å²) in [5, 5.41) is 9.91. The van der Waals surface area contributed by atoms with Crippen molar-refractivity contribution >= 4 is 29.5 Å². The highest BCUT2D eigenvalue weighted by Crippen LogP contribution is 2.36. The van der Waals surface area contributed by atoms with Crippen molar-refractivity contribution in [1.82, 2.24) is 4.57 Å². The number of nitrogens with zero attached hydrogens (tertiary/aromatic N) is 1. The molecule has 0 saturated heterocycles. The molecule has 1 aromatic heterocycles. The molecule has 1 aromatic carbocycles. The zero-order valence-corrected chi connectivity index (χ0v) is 11.4. The lowest BCUT2D eigenvalue weighted by Crippen LogP contribution is -1.97. The number of carboxylic acid groups (broad SMARTS) is 1. The number of hydrogen-bond acceptors (Lipinski definition) is 3. The van der Waals surface area contributed by atoms with Gasteiger partial charge in [-0.1, -0.05) is 6.07 Å². The lowest BCUT2D eigenvalue weighted by Gasteiger charge is -2.11. The summed E-state index contributed by atoms with van der Waals surface area (Å²) in [7, 11) is 3.37. The predicted octanol–water partition coefficient (Wildman–Crippen LogP) is 2.88. The van der Waals surface area contributed by atoms with Gasteiger partial charge in [0.05, 0.1) is 23.6 Å². The number of aromatic nitrogens is 1. The second-order valence-electron chi connectivity index (χ2n) is 4.22. The Morgan fingerprint density at radius 3 is 2.67 bits per heavy atom. The number of fused-ring (bicyclic) bond motifs is 1. The first-order chi connectivity index (χ1) is 8.47. The van der Waals surface area contributed by atoms with Crippen LogP contribution < -0.4 is 4.74 Å². The van der Waals surface area contributed by atoms with Crippen molar-refractivity contribution in [3.8, 4) is 5.75 Å². The van der Waals surface area contributed by atoms with E-state index in [1.807, 2.05) is 24.6 Å². The summed E-state index contributed by atoms with van der Waals surface area (Å²) in [5.74, 6) is -0.386. The van der Waals surface area contributed by atoms with Gasteiger partial charge in [0.25, 0.3) is 0 Å². The molecule has 2 rings (SSSR count). The molecule has 0 saturated carbocycles. The van der Waals surface area contributed by atoms with Crippen LogP contribution in [0.2, 0.25) is 0 Å². The fourth-order valence-electron chi connectivity index (χ4n) is 2.22. The molecule has 1 unspecified atom stereocenters. The van der Waals surface area contributed by atoms with Crippen molar-refractivity contribution in [2.75, 3.05) is 7.11 Å². The lowest BCUT2D eigenvalue weighted by molar-refractivity contribution is 0.0698. The fraction of sp³-hybridized carbons (Fsp3) is 0.308. The van der Waals surface area contributed by atoms with Gasteiger partial charge in [-0.05, 0) is 18.6 Å². The second-order valence-corrected chi connectivity index (χ2v) is 4.99. The Kier molecular flexibility index (Phi) is 3.26. The second kappa shape index (κ2) is 4.57. The van der Waals surface area contributed by atoms with Gasteiger partial charge in [-0.3, -0.25) is 0 Å². The minimum absolute atomic E-state index is 0.0219.